The van der Waals surface area contributed by atoms with Gasteiger partial charge in [0.25, 0.3) is 5.91 Å². The third-order valence-corrected chi connectivity index (χ3v) is 5.03. The maximum Gasteiger partial charge on any atom is 0.387 e. The largest absolute Gasteiger partial charge is 0.466 e. The van der Waals surface area contributed by atoms with Crippen LogP contribution in [0.2, 0.25) is 0 Å². The number of amides is 1. The number of esters is 1. The number of rotatable bonds is 9. The third kappa shape index (κ3) is 6.19. The normalized spacial score (nSPS) is 10.7. The molecule has 1 aromatic carbocycles. The highest BCUT2D eigenvalue weighted by Crippen LogP contribution is 2.24. The summed E-state index contributed by atoms with van der Waals surface area (Å²) in [5.41, 5.74) is 1.29. The molecule has 0 bridgehead atoms. The van der Waals surface area contributed by atoms with Crippen LogP contribution in [0.3, 0.4) is 0 Å². The molecular formula is C18H16F2N4O4S2. The van der Waals surface area contributed by atoms with Crippen LogP contribution in [0.4, 0.5) is 24.7 Å². The van der Waals surface area contributed by atoms with Crippen LogP contribution < -0.4 is 15.4 Å². The fraction of sp³-hybridized carbons (Fsp3) is 0.222. The van der Waals surface area contributed by atoms with Crippen molar-refractivity contribution in [2.75, 3.05) is 17.2 Å². The number of nitrogens with one attached hydrogen (secondary N) is 2. The summed E-state index contributed by atoms with van der Waals surface area (Å²) in [4.78, 5) is 32.2. The van der Waals surface area contributed by atoms with Crippen LogP contribution in [0.5, 0.6) is 5.75 Å². The molecule has 2 aromatic heterocycles. The van der Waals surface area contributed by atoms with Gasteiger partial charge in [-0.3, -0.25) is 14.9 Å². The van der Waals surface area contributed by atoms with Crippen LogP contribution in [0.15, 0.2) is 35.0 Å². The number of hydrogen-bond donors (Lipinski definition) is 2. The summed E-state index contributed by atoms with van der Waals surface area (Å²) in [5.74, 6) is -0.790. The lowest BCUT2D eigenvalue weighted by atomic mass is 10.3. The van der Waals surface area contributed by atoms with E-state index in [1.807, 2.05) is 0 Å². The number of nitrogens with zero attached hydrogens (tertiary/aromatic N) is 2. The molecule has 2 heterocycles. The van der Waals surface area contributed by atoms with E-state index in [-0.39, 0.29) is 23.8 Å². The van der Waals surface area contributed by atoms with Gasteiger partial charge in [0.2, 0.25) is 0 Å². The molecule has 12 heteroatoms. The Morgan fingerprint density at radius 2 is 1.83 bits per heavy atom. The van der Waals surface area contributed by atoms with Gasteiger partial charge in [-0.05, 0) is 31.2 Å². The first-order valence-corrected chi connectivity index (χ1v) is 10.4. The lowest BCUT2D eigenvalue weighted by Gasteiger charge is -2.06. The second kappa shape index (κ2) is 10.1. The molecule has 0 radical (unpaired) electrons. The molecule has 0 aliphatic carbocycles. The molecule has 158 valence electrons. The van der Waals surface area contributed by atoms with E-state index in [0.717, 1.165) is 0 Å². The van der Waals surface area contributed by atoms with Crippen LogP contribution in [-0.4, -0.2) is 35.1 Å². The van der Waals surface area contributed by atoms with Crippen molar-refractivity contribution in [1.29, 1.82) is 0 Å². The molecule has 0 aliphatic heterocycles. The topological polar surface area (TPSA) is 102 Å². The molecule has 0 atom stereocenters. The van der Waals surface area contributed by atoms with Gasteiger partial charge in [-0.1, -0.05) is 0 Å². The molecule has 30 heavy (non-hydrogen) atoms. The van der Waals surface area contributed by atoms with Crippen molar-refractivity contribution in [2.45, 2.75) is 20.0 Å². The fourth-order valence-corrected chi connectivity index (χ4v) is 3.66. The van der Waals surface area contributed by atoms with Crippen LogP contribution in [-0.2, 0) is 16.0 Å². The summed E-state index contributed by atoms with van der Waals surface area (Å²) in [6.07, 6.45) is 0.0339. The zero-order valence-electron chi connectivity index (χ0n) is 15.6. The van der Waals surface area contributed by atoms with Gasteiger partial charge in [0.15, 0.2) is 10.3 Å². The van der Waals surface area contributed by atoms with Gasteiger partial charge < -0.3 is 14.8 Å². The quantitative estimate of drug-likeness (QED) is 0.465. The van der Waals surface area contributed by atoms with Crippen molar-refractivity contribution in [1.82, 2.24) is 9.97 Å². The third-order valence-electron chi connectivity index (χ3n) is 3.47. The second-order valence-electron chi connectivity index (χ2n) is 5.65. The minimum atomic E-state index is -2.89. The number of benzene rings is 1. The Balaban J connectivity index is 1.56. The predicted octanol–water partition coefficient (Wildman–Crippen LogP) is 4.30. The summed E-state index contributed by atoms with van der Waals surface area (Å²) in [6.45, 7) is -0.873. The van der Waals surface area contributed by atoms with Gasteiger partial charge in [-0.15, -0.1) is 22.7 Å². The highest BCUT2D eigenvalue weighted by Gasteiger charge is 2.14. The first kappa shape index (κ1) is 21.6. The number of hydrogen-bond acceptors (Lipinski definition) is 9. The van der Waals surface area contributed by atoms with E-state index in [2.05, 4.69) is 25.3 Å². The Labute approximate surface area is 177 Å². The average Bonchev–Trinajstić information content (AvgIpc) is 3.33. The van der Waals surface area contributed by atoms with Crippen molar-refractivity contribution < 1.29 is 27.8 Å². The lowest BCUT2D eigenvalue weighted by Crippen LogP contribution is -2.12. The Kier molecular flexibility index (Phi) is 7.25. The summed E-state index contributed by atoms with van der Waals surface area (Å²) in [6, 6.07) is 5.90. The first-order chi connectivity index (χ1) is 14.4. The molecular weight excluding hydrogens is 438 g/mol. The maximum absolute atomic E-state index is 12.4. The second-order valence-corrected chi connectivity index (χ2v) is 7.36. The minimum absolute atomic E-state index is 0.0339. The number of anilines is 3. The minimum Gasteiger partial charge on any atom is -0.466 e. The number of carbonyl (C=O) groups excluding carboxylic acids is 2. The average molecular weight is 454 g/mol. The molecule has 0 fully saturated rings. The smallest absolute Gasteiger partial charge is 0.387 e. The summed E-state index contributed by atoms with van der Waals surface area (Å²) < 4.78 is 33.5. The summed E-state index contributed by atoms with van der Waals surface area (Å²) in [7, 11) is 0. The summed E-state index contributed by atoms with van der Waals surface area (Å²) >= 11 is 2.40. The van der Waals surface area contributed by atoms with Crippen LogP contribution in [0, 0.1) is 0 Å². The van der Waals surface area contributed by atoms with Gasteiger partial charge in [0.05, 0.1) is 18.7 Å². The van der Waals surface area contributed by atoms with Crippen molar-refractivity contribution in [2.24, 2.45) is 0 Å². The number of alkyl halides is 2. The SMILES string of the molecule is CCOC(=O)Cc1csc(NC(=O)c2csc(Nc3ccc(OC(F)F)cc3)n2)n1. The monoisotopic (exact) mass is 454 g/mol. The Hall–Kier alpha value is -3.12. The van der Waals surface area contributed by atoms with Crippen molar-refractivity contribution in [3.05, 3.63) is 46.4 Å². The number of carbonyl (C=O) groups is 2. The fourth-order valence-electron chi connectivity index (χ4n) is 2.25. The van der Waals surface area contributed by atoms with E-state index < -0.39 is 12.5 Å². The molecule has 3 aromatic rings. The highest BCUT2D eigenvalue weighted by molar-refractivity contribution is 7.14. The van der Waals surface area contributed by atoms with E-state index in [1.165, 1.54) is 34.8 Å². The molecule has 8 nitrogen and oxygen atoms in total. The van der Waals surface area contributed by atoms with Crippen LogP contribution >= 0.6 is 22.7 Å². The standard InChI is InChI=1S/C18H16F2N4O4S2/c1-2-27-14(25)7-11-8-29-18(22-11)24-15(26)13-9-30-17(23-13)21-10-3-5-12(6-4-10)28-16(19)20/h3-6,8-9,16H,2,7H2,1H3,(H,21,23)(H,22,24,26). The molecule has 0 aliphatic rings. The van der Waals surface area contributed by atoms with Gasteiger partial charge in [-0.2, -0.15) is 8.78 Å². The molecule has 0 unspecified atom stereocenters. The number of thiazole rings is 2. The number of ether oxygens (including phenoxy) is 2. The van der Waals surface area contributed by atoms with Gasteiger partial charge in [0, 0.05) is 16.4 Å². The lowest BCUT2D eigenvalue weighted by molar-refractivity contribution is -0.142. The van der Waals surface area contributed by atoms with E-state index >= 15 is 0 Å². The predicted molar refractivity (Wildman–Crippen MR) is 109 cm³/mol. The van der Waals surface area contributed by atoms with Gasteiger partial charge in [0.1, 0.15) is 11.4 Å². The Morgan fingerprint density at radius 3 is 2.53 bits per heavy atom. The van der Waals surface area contributed by atoms with Crippen molar-refractivity contribution >= 4 is 50.5 Å². The zero-order valence-corrected chi connectivity index (χ0v) is 17.2. The van der Waals surface area contributed by atoms with E-state index in [0.29, 0.717) is 28.3 Å². The maximum atomic E-state index is 12.4. The molecule has 0 saturated carbocycles. The first-order valence-electron chi connectivity index (χ1n) is 8.61. The van der Waals surface area contributed by atoms with E-state index in [4.69, 9.17) is 4.74 Å². The zero-order chi connectivity index (χ0) is 21.5. The van der Waals surface area contributed by atoms with Crippen LogP contribution in [0.25, 0.3) is 0 Å². The molecule has 2 N–H and O–H groups in total. The molecule has 1 amide bonds. The van der Waals surface area contributed by atoms with Crippen LogP contribution in [0.1, 0.15) is 23.1 Å². The Bertz CT molecular complexity index is 1010. The molecule has 0 saturated heterocycles. The van der Waals surface area contributed by atoms with E-state index in [1.54, 1.807) is 29.8 Å². The molecule has 3 rings (SSSR count). The number of halogens is 2. The Morgan fingerprint density at radius 1 is 1.10 bits per heavy atom. The van der Waals surface area contributed by atoms with E-state index in [9.17, 15) is 18.4 Å². The summed E-state index contributed by atoms with van der Waals surface area (Å²) in [5, 5.41) is 9.64. The number of aromatic nitrogens is 2. The highest BCUT2D eigenvalue weighted by atomic mass is 32.1. The van der Waals surface area contributed by atoms with Crippen molar-refractivity contribution in [3.63, 3.8) is 0 Å². The van der Waals surface area contributed by atoms with Gasteiger partial charge in [-0.25, -0.2) is 9.97 Å². The van der Waals surface area contributed by atoms with Gasteiger partial charge >= 0.3 is 12.6 Å². The van der Waals surface area contributed by atoms with Crippen molar-refractivity contribution in [3.8, 4) is 5.75 Å². The molecule has 0 spiro atoms.